The molecule has 0 aliphatic heterocycles. The number of nitrogens with zero attached hydrogens (tertiary/aromatic N) is 2. The summed E-state index contributed by atoms with van der Waals surface area (Å²) >= 11 is 0. The van der Waals surface area contributed by atoms with E-state index in [-0.39, 0.29) is 0 Å². The Morgan fingerprint density at radius 3 is 2.87 bits per heavy atom. The molecule has 1 aromatic rings. The van der Waals surface area contributed by atoms with Crippen molar-refractivity contribution < 1.29 is 0 Å². The Balaban J connectivity index is 2.15. The second-order valence-electron chi connectivity index (χ2n) is 4.70. The maximum Gasteiger partial charge on any atom is 0.0525 e. The third kappa shape index (κ3) is 2.07. The van der Waals surface area contributed by atoms with E-state index < -0.39 is 0 Å². The van der Waals surface area contributed by atoms with Crippen molar-refractivity contribution in [2.45, 2.75) is 44.6 Å². The molecule has 1 aliphatic carbocycles. The third-order valence-electron chi connectivity index (χ3n) is 3.58. The van der Waals surface area contributed by atoms with Crippen LogP contribution in [0.1, 0.15) is 43.4 Å². The zero-order valence-corrected chi connectivity index (χ0v) is 9.95. The predicted molar refractivity (Wildman–Crippen MR) is 62.0 cm³/mol. The summed E-state index contributed by atoms with van der Waals surface area (Å²) in [5.41, 5.74) is 2.91. The number of hydrogen-bond donors (Lipinski definition) is 1. The molecule has 1 unspecified atom stereocenters. The zero-order chi connectivity index (χ0) is 10.8. The van der Waals surface area contributed by atoms with E-state index in [0.717, 1.165) is 12.3 Å². The summed E-state index contributed by atoms with van der Waals surface area (Å²) in [4.78, 5) is 0. The quantitative estimate of drug-likeness (QED) is 0.816. The van der Waals surface area contributed by atoms with Crippen molar-refractivity contribution >= 4 is 0 Å². The SMILES string of the molecule is CNC(C)Cc1cnn(C)c1C1CCC1. The van der Waals surface area contributed by atoms with Gasteiger partial charge in [-0.05, 0) is 38.8 Å². The van der Waals surface area contributed by atoms with Gasteiger partial charge in [0.05, 0.1) is 6.20 Å². The fraction of sp³-hybridized carbons (Fsp3) is 0.750. The molecule has 1 N–H and O–H groups in total. The summed E-state index contributed by atoms with van der Waals surface area (Å²) in [5.74, 6) is 0.775. The van der Waals surface area contributed by atoms with Gasteiger partial charge in [-0.3, -0.25) is 4.68 Å². The highest BCUT2D eigenvalue weighted by Crippen LogP contribution is 2.37. The molecule has 84 valence electrons. The van der Waals surface area contributed by atoms with Crippen LogP contribution in [0.4, 0.5) is 0 Å². The molecule has 1 heterocycles. The lowest BCUT2D eigenvalue weighted by Crippen LogP contribution is -2.25. The third-order valence-corrected chi connectivity index (χ3v) is 3.58. The number of nitrogens with one attached hydrogen (secondary N) is 1. The highest BCUT2D eigenvalue weighted by Gasteiger charge is 2.25. The van der Waals surface area contributed by atoms with Crippen LogP contribution in [0.15, 0.2) is 6.20 Å². The van der Waals surface area contributed by atoms with E-state index in [1.54, 1.807) is 0 Å². The number of rotatable bonds is 4. The minimum absolute atomic E-state index is 0.535. The van der Waals surface area contributed by atoms with Gasteiger partial charge in [0.2, 0.25) is 0 Å². The molecule has 0 spiro atoms. The van der Waals surface area contributed by atoms with E-state index in [4.69, 9.17) is 0 Å². The van der Waals surface area contributed by atoms with Crippen LogP contribution in [0.3, 0.4) is 0 Å². The molecule has 1 aliphatic rings. The molecule has 0 saturated heterocycles. The largest absolute Gasteiger partial charge is 0.317 e. The molecule has 0 bridgehead atoms. The molecular formula is C12H21N3. The summed E-state index contributed by atoms with van der Waals surface area (Å²) in [6.07, 6.45) is 7.22. The van der Waals surface area contributed by atoms with Crippen molar-refractivity contribution in [1.82, 2.24) is 15.1 Å². The first-order valence-corrected chi connectivity index (χ1v) is 5.90. The van der Waals surface area contributed by atoms with Crippen LogP contribution in [-0.2, 0) is 13.5 Å². The van der Waals surface area contributed by atoms with Crippen LogP contribution in [0.5, 0.6) is 0 Å². The summed E-state index contributed by atoms with van der Waals surface area (Å²) in [6.45, 7) is 2.22. The molecule has 0 amide bonds. The highest BCUT2D eigenvalue weighted by molar-refractivity contribution is 5.24. The number of likely N-dealkylation sites (N-methyl/N-ethyl adjacent to an activating group) is 1. The minimum Gasteiger partial charge on any atom is -0.317 e. The smallest absolute Gasteiger partial charge is 0.0525 e. The van der Waals surface area contributed by atoms with Gasteiger partial charge in [-0.25, -0.2) is 0 Å². The van der Waals surface area contributed by atoms with Gasteiger partial charge in [-0.15, -0.1) is 0 Å². The van der Waals surface area contributed by atoms with E-state index in [1.807, 2.05) is 13.2 Å². The summed E-state index contributed by atoms with van der Waals surface area (Å²) in [7, 11) is 4.09. The van der Waals surface area contributed by atoms with Gasteiger partial charge in [0, 0.05) is 24.7 Å². The van der Waals surface area contributed by atoms with E-state index >= 15 is 0 Å². The molecule has 3 heteroatoms. The number of hydrogen-bond acceptors (Lipinski definition) is 2. The fourth-order valence-electron chi connectivity index (χ4n) is 2.29. The molecule has 0 aromatic carbocycles. The average Bonchev–Trinajstić information content (AvgIpc) is 2.47. The number of aryl methyl sites for hydroxylation is 1. The van der Waals surface area contributed by atoms with Gasteiger partial charge < -0.3 is 5.32 Å². The Bertz CT molecular complexity index is 326. The Morgan fingerprint density at radius 2 is 2.33 bits per heavy atom. The molecule has 1 atom stereocenters. The van der Waals surface area contributed by atoms with Crippen molar-refractivity contribution in [2.24, 2.45) is 7.05 Å². The Kier molecular flexibility index (Phi) is 3.10. The molecular weight excluding hydrogens is 186 g/mol. The lowest BCUT2D eigenvalue weighted by molar-refractivity contribution is 0.393. The first kappa shape index (κ1) is 10.7. The van der Waals surface area contributed by atoms with E-state index in [9.17, 15) is 0 Å². The zero-order valence-electron chi connectivity index (χ0n) is 9.95. The summed E-state index contributed by atoms with van der Waals surface area (Å²) in [6, 6.07) is 0.535. The van der Waals surface area contributed by atoms with Crippen LogP contribution >= 0.6 is 0 Å². The lowest BCUT2D eigenvalue weighted by Gasteiger charge is -2.27. The monoisotopic (exact) mass is 207 g/mol. The van der Waals surface area contributed by atoms with Gasteiger partial charge in [0.1, 0.15) is 0 Å². The molecule has 0 radical (unpaired) electrons. The summed E-state index contributed by atoms with van der Waals surface area (Å²) < 4.78 is 2.07. The van der Waals surface area contributed by atoms with Crippen molar-refractivity contribution in [3.63, 3.8) is 0 Å². The van der Waals surface area contributed by atoms with Crippen molar-refractivity contribution in [3.05, 3.63) is 17.5 Å². The predicted octanol–water partition coefficient (Wildman–Crippen LogP) is 1.84. The van der Waals surface area contributed by atoms with Crippen LogP contribution in [0.25, 0.3) is 0 Å². The number of aromatic nitrogens is 2. The van der Waals surface area contributed by atoms with Gasteiger partial charge in [0.15, 0.2) is 0 Å². The minimum atomic E-state index is 0.535. The maximum absolute atomic E-state index is 4.40. The Morgan fingerprint density at radius 1 is 1.60 bits per heavy atom. The van der Waals surface area contributed by atoms with Gasteiger partial charge in [0.25, 0.3) is 0 Å². The van der Waals surface area contributed by atoms with Crippen molar-refractivity contribution in [3.8, 4) is 0 Å². The van der Waals surface area contributed by atoms with Crippen molar-refractivity contribution in [2.75, 3.05) is 7.05 Å². The average molecular weight is 207 g/mol. The van der Waals surface area contributed by atoms with E-state index in [1.165, 1.54) is 30.5 Å². The molecule has 1 aromatic heterocycles. The van der Waals surface area contributed by atoms with Gasteiger partial charge >= 0.3 is 0 Å². The summed E-state index contributed by atoms with van der Waals surface area (Å²) in [5, 5.41) is 7.68. The van der Waals surface area contributed by atoms with Gasteiger partial charge in [-0.2, -0.15) is 5.10 Å². The maximum atomic E-state index is 4.40. The van der Waals surface area contributed by atoms with Crippen LogP contribution in [0.2, 0.25) is 0 Å². The standard InChI is InChI=1S/C12H21N3/c1-9(13-2)7-11-8-14-15(3)12(11)10-5-4-6-10/h8-10,13H,4-7H2,1-3H3. The van der Waals surface area contributed by atoms with Crippen LogP contribution < -0.4 is 5.32 Å². The van der Waals surface area contributed by atoms with E-state index in [2.05, 4.69) is 29.1 Å². The fourth-order valence-corrected chi connectivity index (χ4v) is 2.29. The molecule has 15 heavy (non-hydrogen) atoms. The Hall–Kier alpha value is -0.830. The van der Waals surface area contributed by atoms with Crippen LogP contribution in [0, 0.1) is 0 Å². The molecule has 1 saturated carbocycles. The molecule has 1 fully saturated rings. The molecule has 2 rings (SSSR count). The Labute approximate surface area is 91.9 Å². The first-order chi connectivity index (χ1) is 7.22. The molecule has 3 nitrogen and oxygen atoms in total. The lowest BCUT2D eigenvalue weighted by atomic mass is 9.81. The first-order valence-electron chi connectivity index (χ1n) is 5.90. The highest BCUT2D eigenvalue weighted by atomic mass is 15.3. The van der Waals surface area contributed by atoms with Gasteiger partial charge in [-0.1, -0.05) is 6.42 Å². The second kappa shape index (κ2) is 4.35. The van der Waals surface area contributed by atoms with Crippen molar-refractivity contribution in [1.29, 1.82) is 0 Å². The van der Waals surface area contributed by atoms with E-state index in [0.29, 0.717) is 6.04 Å². The second-order valence-corrected chi connectivity index (χ2v) is 4.70. The normalized spacial score (nSPS) is 18.9. The topological polar surface area (TPSA) is 29.9 Å². The van der Waals surface area contributed by atoms with Crippen LogP contribution in [-0.4, -0.2) is 22.9 Å².